The van der Waals surface area contributed by atoms with Crippen LogP contribution in [-0.2, 0) is 26.1 Å². The number of hydrogen-bond acceptors (Lipinski definition) is 5. The third-order valence-corrected chi connectivity index (χ3v) is 4.52. The lowest BCUT2D eigenvalue weighted by Crippen LogP contribution is -2.30. The van der Waals surface area contributed by atoms with Crippen LogP contribution in [0.1, 0.15) is 18.9 Å². The molecule has 24 heavy (non-hydrogen) atoms. The fourth-order valence-corrected chi connectivity index (χ4v) is 2.20. The van der Waals surface area contributed by atoms with Gasteiger partial charge in [0.15, 0.2) is 6.61 Å². The van der Waals surface area contributed by atoms with Crippen LogP contribution in [0, 0.1) is 0 Å². The van der Waals surface area contributed by atoms with Crippen LogP contribution in [-0.4, -0.2) is 58.3 Å². The monoisotopic (exact) mass is 358 g/mol. The summed E-state index contributed by atoms with van der Waals surface area (Å²) in [5.74, 6) is 0.373. The van der Waals surface area contributed by atoms with Gasteiger partial charge in [-0.05, 0) is 31.0 Å². The van der Waals surface area contributed by atoms with Crippen LogP contribution < -0.4 is 10.1 Å². The van der Waals surface area contributed by atoms with Gasteiger partial charge in [0.25, 0.3) is 5.91 Å². The van der Waals surface area contributed by atoms with Gasteiger partial charge in [0, 0.05) is 33.4 Å². The fourth-order valence-electron chi connectivity index (χ4n) is 1.81. The zero-order chi connectivity index (χ0) is 18.0. The molecule has 8 heteroatoms. The highest BCUT2D eigenvalue weighted by atomic mass is 32.2. The number of rotatable bonds is 11. The first kappa shape index (κ1) is 20.4. The normalized spacial score (nSPS) is 11.5. The first-order valence-corrected chi connectivity index (χ1v) is 9.65. The Balaban J connectivity index is 2.33. The van der Waals surface area contributed by atoms with Gasteiger partial charge >= 0.3 is 0 Å². The van der Waals surface area contributed by atoms with Crippen molar-refractivity contribution in [3.8, 4) is 5.75 Å². The number of ether oxygens (including phenoxy) is 2. The summed E-state index contributed by atoms with van der Waals surface area (Å²) in [5.41, 5.74) is 0.843. The SMILES string of the molecule is CCOCCCNC(=O)COc1ccc(CN(C)S(C)(=O)=O)cc1. The van der Waals surface area contributed by atoms with Crippen molar-refractivity contribution >= 4 is 15.9 Å². The van der Waals surface area contributed by atoms with Crippen molar-refractivity contribution in [1.82, 2.24) is 9.62 Å². The summed E-state index contributed by atoms with van der Waals surface area (Å²) in [6.45, 7) is 4.01. The van der Waals surface area contributed by atoms with Gasteiger partial charge in [0.1, 0.15) is 5.75 Å². The van der Waals surface area contributed by atoms with Gasteiger partial charge in [-0.3, -0.25) is 4.79 Å². The molecule has 0 fully saturated rings. The Morgan fingerprint density at radius 3 is 2.50 bits per heavy atom. The summed E-state index contributed by atoms with van der Waals surface area (Å²) in [6, 6.07) is 6.98. The van der Waals surface area contributed by atoms with Crippen LogP contribution in [0.15, 0.2) is 24.3 Å². The number of amides is 1. The first-order chi connectivity index (χ1) is 11.3. The maximum absolute atomic E-state index is 11.6. The molecule has 0 unspecified atom stereocenters. The highest BCUT2D eigenvalue weighted by Gasteiger charge is 2.11. The van der Waals surface area contributed by atoms with Crippen molar-refractivity contribution in [2.45, 2.75) is 19.9 Å². The molecule has 1 N–H and O–H groups in total. The molecule has 0 aliphatic carbocycles. The third-order valence-electron chi connectivity index (χ3n) is 3.26. The van der Waals surface area contributed by atoms with Crippen molar-refractivity contribution in [3.05, 3.63) is 29.8 Å². The number of carbonyl (C=O) groups excluding carboxylic acids is 1. The second-order valence-electron chi connectivity index (χ2n) is 5.35. The van der Waals surface area contributed by atoms with E-state index in [0.29, 0.717) is 32.1 Å². The van der Waals surface area contributed by atoms with Gasteiger partial charge in [-0.15, -0.1) is 0 Å². The van der Waals surface area contributed by atoms with Crippen molar-refractivity contribution in [2.75, 3.05) is 39.7 Å². The van der Waals surface area contributed by atoms with E-state index in [-0.39, 0.29) is 12.5 Å². The molecule has 0 atom stereocenters. The molecule has 0 saturated carbocycles. The number of benzene rings is 1. The van der Waals surface area contributed by atoms with Crippen molar-refractivity contribution in [3.63, 3.8) is 0 Å². The van der Waals surface area contributed by atoms with Gasteiger partial charge in [-0.2, -0.15) is 0 Å². The Morgan fingerprint density at radius 1 is 1.25 bits per heavy atom. The summed E-state index contributed by atoms with van der Waals surface area (Å²) in [7, 11) is -1.68. The lowest BCUT2D eigenvalue weighted by molar-refractivity contribution is -0.123. The van der Waals surface area contributed by atoms with E-state index in [1.807, 2.05) is 6.92 Å². The van der Waals surface area contributed by atoms with Crippen LogP contribution in [0.5, 0.6) is 5.75 Å². The second kappa shape index (κ2) is 10.3. The van der Waals surface area contributed by atoms with Gasteiger partial charge in [0.05, 0.1) is 6.26 Å². The molecule has 136 valence electrons. The molecule has 0 aliphatic rings. The maximum atomic E-state index is 11.6. The quantitative estimate of drug-likeness (QED) is 0.597. The van der Waals surface area contributed by atoms with Gasteiger partial charge in [-0.1, -0.05) is 12.1 Å². The molecule has 0 saturated heterocycles. The molecule has 0 bridgehead atoms. The lowest BCUT2D eigenvalue weighted by Gasteiger charge is -2.14. The third kappa shape index (κ3) is 8.28. The standard InChI is InChI=1S/C16H26N2O5S/c1-4-22-11-5-10-17-16(19)13-23-15-8-6-14(7-9-15)12-18(2)24(3,20)21/h6-9H,4-5,10-13H2,1-3H3,(H,17,19). The van der Waals surface area contributed by atoms with E-state index in [2.05, 4.69) is 5.32 Å². The minimum Gasteiger partial charge on any atom is -0.484 e. The Bertz CT molecular complexity index is 601. The van der Waals surface area contributed by atoms with Crippen LogP contribution in [0.25, 0.3) is 0 Å². The van der Waals surface area contributed by atoms with E-state index in [1.165, 1.54) is 11.4 Å². The van der Waals surface area contributed by atoms with E-state index < -0.39 is 10.0 Å². The molecule has 1 aromatic rings. The molecule has 1 aromatic carbocycles. The summed E-state index contributed by atoms with van der Waals surface area (Å²) in [4.78, 5) is 11.6. The van der Waals surface area contributed by atoms with Crippen LogP contribution in [0.2, 0.25) is 0 Å². The van der Waals surface area contributed by atoms with Gasteiger partial charge < -0.3 is 14.8 Å². The zero-order valence-electron chi connectivity index (χ0n) is 14.4. The number of nitrogens with zero attached hydrogens (tertiary/aromatic N) is 1. The van der Waals surface area contributed by atoms with E-state index in [4.69, 9.17) is 9.47 Å². The molecule has 1 rings (SSSR count). The van der Waals surface area contributed by atoms with E-state index in [0.717, 1.165) is 18.2 Å². The topological polar surface area (TPSA) is 84.9 Å². The largest absolute Gasteiger partial charge is 0.484 e. The van der Waals surface area contributed by atoms with E-state index in [1.54, 1.807) is 24.3 Å². The number of nitrogens with one attached hydrogen (secondary N) is 1. The highest BCUT2D eigenvalue weighted by molar-refractivity contribution is 7.88. The minimum absolute atomic E-state index is 0.0583. The average molecular weight is 358 g/mol. The maximum Gasteiger partial charge on any atom is 0.257 e. The second-order valence-corrected chi connectivity index (χ2v) is 7.44. The summed E-state index contributed by atoms with van der Waals surface area (Å²) < 4.78 is 34.6. The van der Waals surface area contributed by atoms with Crippen molar-refractivity contribution in [1.29, 1.82) is 0 Å². The molecule has 0 aromatic heterocycles. The summed E-state index contributed by atoms with van der Waals surface area (Å²) >= 11 is 0. The van der Waals surface area contributed by atoms with Gasteiger partial charge in [-0.25, -0.2) is 12.7 Å². The highest BCUT2D eigenvalue weighted by Crippen LogP contribution is 2.14. The van der Waals surface area contributed by atoms with E-state index in [9.17, 15) is 13.2 Å². The Kier molecular flexibility index (Phi) is 8.73. The zero-order valence-corrected chi connectivity index (χ0v) is 15.3. The van der Waals surface area contributed by atoms with Crippen LogP contribution >= 0.6 is 0 Å². The van der Waals surface area contributed by atoms with E-state index >= 15 is 0 Å². The molecular formula is C16H26N2O5S. The smallest absolute Gasteiger partial charge is 0.257 e. The molecule has 7 nitrogen and oxygen atoms in total. The lowest BCUT2D eigenvalue weighted by atomic mass is 10.2. The molecule has 0 heterocycles. The molecule has 0 radical (unpaired) electrons. The average Bonchev–Trinajstić information content (AvgIpc) is 2.53. The predicted molar refractivity (Wildman–Crippen MR) is 92.4 cm³/mol. The summed E-state index contributed by atoms with van der Waals surface area (Å²) in [5, 5.41) is 2.75. The summed E-state index contributed by atoms with van der Waals surface area (Å²) in [6.07, 6.45) is 1.93. The fraction of sp³-hybridized carbons (Fsp3) is 0.562. The Hall–Kier alpha value is -1.64. The molecule has 0 aliphatic heterocycles. The first-order valence-electron chi connectivity index (χ1n) is 7.80. The van der Waals surface area contributed by atoms with Crippen LogP contribution in [0.3, 0.4) is 0 Å². The van der Waals surface area contributed by atoms with Gasteiger partial charge in [0.2, 0.25) is 10.0 Å². The van der Waals surface area contributed by atoms with Crippen LogP contribution in [0.4, 0.5) is 0 Å². The predicted octanol–water partition coefficient (Wildman–Crippen LogP) is 1.000. The number of sulfonamides is 1. The Labute approximate surface area is 144 Å². The van der Waals surface area contributed by atoms with Crippen molar-refractivity contribution < 1.29 is 22.7 Å². The minimum atomic E-state index is -3.21. The number of hydrogen-bond donors (Lipinski definition) is 1. The Morgan fingerprint density at radius 2 is 1.92 bits per heavy atom. The molecule has 1 amide bonds. The number of carbonyl (C=O) groups is 1. The molecule has 0 spiro atoms. The van der Waals surface area contributed by atoms with Crippen molar-refractivity contribution in [2.24, 2.45) is 0 Å². The molecular weight excluding hydrogens is 332 g/mol.